The van der Waals surface area contributed by atoms with Gasteiger partial charge in [-0.15, -0.1) is 0 Å². The van der Waals surface area contributed by atoms with Gasteiger partial charge in [-0.25, -0.2) is 0 Å². The lowest BCUT2D eigenvalue weighted by molar-refractivity contribution is -0.138. The van der Waals surface area contributed by atoms with Crippen LogP contribution in [0.5, 0.6) is 0 Å². The van der Waals surface area contributed by atoms with Gasteiger partial charge in [0.15, 0.2) is 5.78 Å². The third-order valence-corrected chi connectivity index (χ3v) is 4.24. The van der Waals surface area contributed by atoms with E-state index in [9.17, 15) is 4.79 Å². The van der Waals surface area contributed by atoms with Gasteiger partial charge in [-0.2, -0.15) is 0 Å². The summed E-state index contributed by atoms with van der Waals surface area (Å²) in [7, 11) is 0. The molecule has 4 nitrogen and oxygen atoms in total. The van der Waals surface area contributed by atoms with Gasteiger partial charge in [0.1, 0.15) is 0 Å². The number of Topliss-reactive ketones (excluding diaryl/α,β-unsaturated/α-hetero) is 1. The van der Waals surface area contributed by atoms with Crippen LogP contribution in [0.25, 0.3) is 0 Å². The lowest BCUT2D eigenvalue weighted by Crippen LogP contribution is -2.59. The molecule has 0 aromatic heterocycles. The smallest absolute Gasteiger partial charge is 0.154 e. The number of piperidine rings is 3. The van der Waals surface area contributed by atoms with Crippen LogP contribution in [-0.4, -0.2) is 67.6 Å². The molecule has 0 spiro atoms. The number of ketones is 1. The summed E-state index contributed by atoms with van der Waals surface area (Å²) in [4.78, 5) is 16.9. The van der Waals surface area contributed by atoms with Crippen LogP contribution in [-0.2, 0) is 9.53 Å². The first kappa shape index (κ1) is 10.7. The van der Waals surface area contributed by atoms with Gasteiger partial charge in [0, 0.05) is 25.6 Å². The Bertz CT molecular complexity index is 268. The third kappa shape index (κ3) is 1.90. The van der Waals surface area contributed by atoms with Crippen molar-refractivity contribution in [3.05, 3.63) is 0 Å². The van der Waals surface area contributed by atoms with E-state index in [-0.39, 0.29) is 6.04 Å². The summed E-state index contributed by atoms with van der Waals surface area (Å²) in [5, 5.41) is 0. The fourth-order valence-corrected chi connectivity index (χ4v) is 3.18. The zero-order valence-corrected chi connectivity index (χ0v) is 9.73. The quantitative estimate of drug-likeness (QED) is 0.660. The summed E-state index contributed by atoms with van der Waals surface area (Å²) >= 11 is 0. The van der Waals surface area contributed by atoms with Crippen LogP contribution in [0.15, 0.2) is 0 Å². The minimum atomic E-state index is 0.186. The molecule has 4 saturated heterocycles. The summed E-state index contributed by atoms with van der Waals surface area (Å²) in [5.41, 5.74) is 0. The molecule has 4 heteroatoms. The van der Waals surface area contributed by atoms with Crippen LogP contribution in [0, 0.1) is 5.92 Å². The van der Waals surface area contributed by atoms with E-state index >= 15 is 0 Å². The van der Waals surface area contributed by atoms with E-state index in [1.165, 1.54) is 0 Å². The van der Waals surface area contributed by atoms with E-state index in [2.05, 4.69) is 9.80 Å². The SMILES string of the molecule is O=C1C2CCN(CC2)[C@H]1CN1CCOCC1. The van der Waals surface area contributed by atoms with Gasteiger partial charge in [-0.3, -0.25) is 14.6 Å². The number of nitrogens with zero attached hydrogens (tertiary/aromatic N) is 2. The van der Waals surface area contributed by atoms with E-state index < -0.39 is 0 Å². The third-order valence-electron chi connectivity index (χ3n) is 4.24. The highest BCUT2D eigenvalue weighted by Gasteiger charge is 2.41. The summed E-state index contributed by atoms with van der Waals surface area (Å²) in [6, 6.07) is 0.186. The molecule has 4 heterocycles. The van der Waals surface area contributed by atoms with Gasteiger partial charge in [0.25, 0.3) is 0 Å². The molecule has 1 atom stereocenters. The Balaban J connectivity index is 1.63. The molecular weight excluding hydrogens is 204 g/mol. The standard InChI is InChI=1S/C12H20N2O2/c15-12-10-1-3-14(4-2-10)11(12)9-13-5-7-16-8-6-13/h10-11H,1-9H2/t11-/m0/s1. The Labute approximate surface area is 96.5 Å². The summed E-state index contributed by atoms with van der Waals surface area (Å²) in [5.74, 6) is 0.875. The second-order valence-corrected chi connectivity index (χ2v) is 5.14. The van der Waals surface area contributed by atoms with E-state index in [4.69, 9.17) is 4.74 Å². The molecule has 4 fully saturated rings. The van der Waals surface area contributed by atoms with Crippen molar-refractivity contribution in [3.63, 3.8) is 0 Å². The van der Waals surface area contributed by atoms with Gasteiger partial charge < -0.3 is 4.74 Å². The van der Waals surface area contributed by atoms with Crippen molar-refractivity contribution in [3.8, 4) is 0 Å². The molecule has 2 bridgehead atoms. The number of fused-ring (bicyclic) bond motifs is 3. The predicted molar refractivity (Wildman–Crippen MR) is 60.4 cm³/mol. The number of carbonyl (C=O) groups is 1. The predicted octanol–water partition coefficient (Wildman–Crippen LogP) is -0.0181. The second-order valence-electron chi connectivity index (χ2n) is 5.14. The highest BCUT2D eigenvalue weighted by atomic mass is 16.5. The lowest BCUT2D eigenvalue weighted by Gasteiger charge is -2.45. The van der Waals surface area contributed by atoms with E-state index in [0.717, 1.165) is 58.8 Å². The van der Waals surface area contributed by atoms with Crippen molar-refractivity contribution in [1.29, 1.82) is 0 Å². The monoisotopic (exact) mass is 224 g/mol. The first-order valence-electron chi connectivity index (χ1n) is 6.42. The lowest BCUT2D eigenvalue weighted by atomic mass is 9.82. The van der Waals surface area contributed by atoms with Crippen molar-refractivity contribution >= 4 is 5.78 Å². The van der Waals surface area contributed by atoms with Crippen molar-refractivity contribution in [2.24, 2.45) is 5.92 Å². The van der Waals surface area contributed by atoms with Crippen LogP contribution in [0.1, 0.15) is 12.8 Å². The molecule has 4 aliphatic rings. The molecule has 90 valence electrons. The fraction of sp³-hybridized carbons (Fsp3) is 0.917. The molecule has 0 saturated carbocycles. The van der Waals surface area contributed by atoms with Gasteiger partial charge in [0.05, 0.1) is 19.3 Å². The highest BCUT2D eigenvalue weighted by Crippen LogP contribution is 2.29. The molecule has 4 rings (SSSR count). The second kappa shape index (κ2) is 4.43. The first-order valence-corrected chi connectivity index (χ1v) is 6.42. The van der Waals surface area contributed by atoms with Crippen molar-refractivity contribution in [1.82, 2.24) is 9.80 Å². The van der Waals surface area contributed by atoms with Crippen LogP contribution < -0.4 is 0 Å². The Hall–Kier alpha value is -0.450. The van der Waals surface area contributed by atoms with Crippen LogP contribution in [0.2, 0.25) is 0 Å². The average molecular weight is 224 g/mol. The van der Waals surface area contributed by atoms with E-state index in [0.29, 0.717) is 11.7 Å². The van der Waals surface area contributed by atoms with Crippen LogP contribution >= 0.6 is 0 Å². The zero-order valence-electron chi connectivity index (χ0n) is 9.73. The van der Waals surface area contributed by atoms with Gasteiger partial charge in [0.2, 0.25) is 0 Å². The molecule has 0 unspecified atom stereocenters. The Morgan fingerprint density at radius 2 is 1.81 bits per heavy atom. The van der Waals surface area contributed by atoms with Gasteiger partial charge in [-0.1, -0.05) is 0 Å². The minimum absolute atomic E-state index is 0.186. The molecule has 16 heavy (non-hydrogen) atoms. The molecular formula is C12H20N2O2. The molecule has 0 radical (unpaired) electrons. The Morgan fingerprint density at radius 3 is 2.44 bits per heavy atom. The molecule has 0 N–H and O–H groups in total. The van der Waals surface area contributed by atoms with Crippen molar-refractivity contribution < 1.29 is 9.53 Å². The van der Waals surface area contributed by atoms with Crippen LogP contribution in [0.4, 0.5) is 0 Å². The summed E-state index contributed by atoms with van der Waals surface area (Å²) in [6.45, 7) is 6.81. The van der Waals surface area contributed by atoms with Gasteiger partial charge >= 0.3 is 0 Å². The van der Waals surface area contributed by atoms with E-state index in [1.807, 2.05) is 0 Å². The summed E-state index contributed by atoms with van der Waals surface area (Å²) in [6.07, 6.45) is 2.19. The maximum absolute atomic E-state index is 12.2. The van der Waals surface area contributed by atoms with Gasteiger partial charge in [-0.05, 0) is 25.9 Å². The zero-order chi connectivity index (χ0) is 11.0. The number of hydrogen-bond donors (Lipinski definition) is 0. The Morgan fingerprint density at radius 1 is 1.12 bits per heavy atom. The summed E-state index contributed by atoms with van der Waals surface area (Å²) < 4.78 is 5.34. The Kier molecular flexibility index (Phi) is 2.96. The average Bonchev–Trinajstić information content (AvgIpc) is 2.36. The molecule has 0 aliphatic carbocycles. The normalized spacial score (nSPS) is 40.2. The maximum Gasteiger partial charge on any atom is 0.154 e. The van der Waals surface area contributed by atoms with E-state index in [1.54, 1.807) is 0 Å². The highest BCUT2D eigenvalue weighted by molar-refractivity contribution is 5.88. The van der Waals surface area contributed by atoms with Crippen molar-refractivity contribution in [2.75, 3.05) is 45.9 Å². The number of rotatable bonds is 2. The van der Waals surface area contributed by atoms with Crippen LogP contribution in [0.3, 0.4) is 0 Å². The topological polar surface area (TPSA) is 32.8 Å². The molecule has 0 amide bonds. The largest absolute Gasteiger partial charge is 0.379 e. The molecule has 0 aromatic rings. The van der Waals surface area contributed by atoms with Crippen molar-refractivity contribution in [2.45, 2.75) is 18.9 Å². The number of carbonyl (C=O) groups excluding carboxylic acids is 1. The first-order chi connectivity index (χ1) is 7.84. The number of ether oxygens (including phenoxy) is 1. The number of hydrogen-bond acceptors (Lipinski definition) is 4. The number of morpholine rings is 1. The molecule has 4 aliphatic heterocycles. The fourth-order valence-electron chi connectivity index (χ4n) is 3.18. The minimum Gasteiger partial charge on any atom is -0.379 e. The molecule has 0 aromatic carbocycles. The maximum atomic E-state index is 12.2.